The second kappa shape index (κ2) is 11.6. The van der Waals surface area contributed by atoms with Crippen molar-refractivity contribution in [3.05, 3.63) is 29.1 Å². The molecule has 1 aromatic heterocycles. The predicted molar refractivity (Wildman–Crippen MR) is 134 cm³/mol. The molecule has 3 aliphatic rings. The summed E-state index contributed by atoms with van der Waals surface area (Å²) < 4.78 is 51.3. The van der Waals surface area contributed by atoms with Gasteiger partial charge in [0.05, 0.1) is 23.7 Å². The monoisotopic (exact) mass is 526 g/mol. The summed E-state index contributed by atoms with van der Waals surface area (Å²) >= 11 is 0. The molecule has 4 rings (SSSR count). The number of halogens is 3. The van der Waals surface area contributed by atoms with Crippen LogP contribution in [0.2, 0.25) is 0 Å². The molecule has 10 heteroatoms. The van der Waals surface area contributed by atoms with Crippen molar-refractivity contribution in [1.82, 2.24) is 14.8 Å². The van der Waals surface area contributed by atoms with Gasteiger partial charge in [0.2, 0.25) is 5.91 Å². The summed E-state index contributed by atoms with van der Waals surface area (Å²) in [7, 11) is 1.72. The van der Waals surface area contributed by atoms with Crippen LogP contribution in [0.25, 0.3) is 0 Å². The normalized spacial score (nSPS) is 28.7. The Balaban J connectivity index is 1.55. The second-order valence-corrected chi connectivity index (χ2v) is 11.1. The van der Waals surface area contributed by atoms with Crippen LogP contribution in [0.15, 0.2) is 12.3 Å². The summed E-state index contributed by atoms with van der Waals surface area (Å²) in [5.74, 6) is 0.164. The molecule has 3 heterocycles. The Morgan fingerprint density at radius 1 is 1.38 bits per heavy atom. The lowest BCUT2D eigenvalue weighted by Crippen LogP contribution is -2.54. The number of hydrogen-bond donors (Lipinski definition) is 1. The maximum absolute atomic E-state index is 14.1. The lowest BCUT2D eigenvalue weighted by atomic mass is 9.73. The Labute approximate surface area is 217 Å². The highest BCUT2D eigenvalue weighted by Crippen LogP contribution is 2.48. The summed E-state index contributed by atoms with van der Waals surface area (Å²) in [6, 6.07) is 1.59. The van der Waals surface area contributed by atoms with Crippen LogP contribution in [-0.2, 0) is 33.4 Å². The minimum atomic E-state index is -4.46. The molecular formula is C27H41F3N4O3. The quantitative estimate of drug-likeness (QED) is 0.557. The Morgan fingerprint density at radius 2 is 2.16 bits per heavy atom. The van der Waals surface area contributed by atoms with E-state index in [1.807, 2.05) is 0 Å². The molecule has 37 heavy (non-hydrogen) atoms. The second-order valence-electron chi connectivity index (χ2n) is 11.1. The van der Waals surface area contributed by atoms with Gasteiger partial charge in [-0.2, -0.15) is 13.2 Å². The number of pyridine rings is 1. The smallest absolute Gasteiger partial charge is 0.379 e. The number of rotatable bonds is 8. The van der Waals surface area contributed by atoms with Crippen LogP contribution in [0.3, 0.4) is 0 Å². The van der Waals surface area contributed by atoms with E-state index >= 15 is 0 Å². The Kier molecular flexibility index (Phi) is 8.82. The van der Waals surface area contributed by atoms with Crippen LogP contribution < -0.4 is 5.73 Å². The van der Waals surface area contributed by atoms with E-state index in [1.165, 1.54) is 0 Å². The SMILES string of the molecule is CO[C@@H]1COCC[C@@H]1N(CCCN)[C@H]1CC[C@@](C(=O)N2CCc3ncc(C(F)(F)F)cc3C2)(C(C)C)C1. The highest BCUT2D eigenvalue weighted by atomic mass is 19.4. The van der Waals surface area contributed by atoms with E-state index in [4.69, 9.17) is 15.2 Å². The summed E-state index contributed by atoms with van der Waals surface area (Å²) in [5.41, 5.74) is 5.71. The molecule has 1 aromatic rings. The van der Waals surface area contributed by atoms with Gasteiger partial charge in [-0.3, -0.25) is 14.7 Å². The zero-order chi connectivity index (χ0) is 26.8. The topological polar surface area (TPSA) is 80.9 Å². The standard InChI is InChI=1S/C27H41F3N4O3/c1-18(2)26(25(35)33-11-6-22-19(16-33)13-20(15-32-22)27(28,29)30)8-5-21(14-26)34(10-4-9-31)23-7-12-37-17-24(23)36-3/h13,15,18,21,23-24H,4-12,14,16-17,31H2,1-3H3/t21-,23-,24+,26-/m0/s1. The molecule has 7 nitrogen and oxygen atoms in total. The van der Waals surface area contributed by atoms with Crippen LogP contribution in [0.5, 0.6) is 0 Å². The zero-order valence-electron chi connectivity index (χ0n) is 22.2. The third-order valence-corrected chi connectivity index (χ3v) is 8.80. The molecule has 1 saturated heterocycles. The Morgan fingerprint density at radius 3 is 2.84 bits per heavy atom. The van der Waals surface area contributed by atoms with Crippen molar-refractivity contribution in [2.24, 2.45) is 17.1 Å². The number of nitrogens with two attached hydrogens (primary N) is 1. The van der Waals surface area contributed by atoms with Crippen LogP contribution >= 0.6 is 0 Å². The minimum Gasteiger partial charge on any atom is -0.379 e. The van der Waals surface area contributed by atoms with Crippen LogP contribution in [-0.4, -0.2) is 78.8 Å². The van der Waals surface area contributed by atoms with Gasteiger partial charge in [-0.25, -0.2) is 0 Å². The molecule has 1 amide bonds. The van der Waals surface area contributed by atoms with Crippen molar-refractivity contribution in [2.75, 3.05) is 40.0 Å². The fourth-order valence-corrected chi connectivity index (χ4v) is 6.56. The average Bonchev–Trinajstić information content (AvgIpc) is 3.34. The summed E-state index contributed by atoms with van der Waals surface area (Å²) in [5, 5.41) is 0. The number of amides is 1. The van der Waals surface area contributed by atoms with Crippen molar-refractivity contribution in [3.63, 3.8) is 0 Å². The molecule has 0 unspecified atom stereocenters. The summed E-state index contributed by atoms with van der Waals surface area (Å²) in [6.07, 6.45) is 1.01. The number of fused-ring (bicyclic) bond motifs is 1. The van der Waals surface area contributed by atoms with Crippen molar-refractivity contribution in [1.29, 1.82) is 0 Å². The number of hydrogen-bond acceptors (Lipinski definition) is 6. The number of alkyl halides is 3. The molecule has 0 aromatic carbocycles. The largest absolute Gasteiger partial charge is 0.417 e. The number of aromatic nitrogens is 1. The molecule has 2 N–H and O–H groups in total. The lowest BCUT2D eigenvalue weighted by molar-refractivity contribution is -0.146. The van der Waals surface area contributed by atoms with Gasteiger partial charge < -0.3 is 20.1 Å². The van der Waals surface area contributed by atoms with Crippen LogP contribution in [0.1, 0.15) is 62.8 Å². The Hall–Kier alpha value is -1.75. The zero-order valence-corrected chi connectivity index (χ0v) is 22.2. The summed E-state index contributed by atoms with van der Waals surface area (Å²) in [4.78, 5) is 22.5. The first-order chi connectivity index (χ1) is 17.6. The maximum Gasteiger partial charge on any atom is 0.417 e. The van der Waals surface area contributed by atoms with Crippen molar-refractivity contribution in [2.45, 2.75) is 83.3 Å². The number of carbonyl (C=O) groups excluding carboxylic acids is 1. The van der Waals surface area contributed by atoms with E-state index in [0.29, 0.717) is 44.0 Å². The minimum absolute atomic E-state index is 0.0230. The van der Waals surface area contributed by atoms with Gasteiger partial charge in [0.1, 0.15) is 0 Å². The molecule has 208 valence electrons. The van der Waals surface area contributed by atoms with E-state index in [0.717, 1.165) is 50.9 Å². The van der Waals surface area contributed by atoms with E-state index < -0.39 is 17.2 Å². The van der Waals surface area contributed by atoms with Crippen LogP contribution in [0, 0.1) is 11.3 Å². The van der Waals surface area contributed by atoms with Gasteiger partial charge in [-0.05, 0) is 56.2 Å². The van der Waals surface area contributed by atoms with Gasteiger partial charge in [0.15, 0.2) is 0 Å². The van der Waals surface area contributed by atoms with Crippen LogP contribution in [0.4, 0.5) is 13.2 Å². The molecule has 0 radical (unpaired) electrons. The maximum atomic E-state index is 14.1. The number of carbonyl (C=O) groups is 1. The first-order valence-electron chi connectivity index (χ1n) is 13.5. The highest BCUT2D eigenvalue weighted by molar-refractivity contribution is 5.83. The first kappa shape index (κ1) is 28.3. The van der Waals surface area contributed by atoms with Gasteiger partial charge in [0, 0.05) is 63.7 Å². The van der Waals surface area contributed by atoms with Gasteiger partial charge >= 0.3 is 6.18 Å². The van der Waals surface area contributed by atoms with E-state index in [2.05, 4.69) is 23.7 Å². The van der Waals surface area contributed by atoms with Gasteiger partial charge in [0.25, 0.3) is 0 Å². The van der Waals surface area contributed by atoms with Gasteiger partial charge in [-0.15, -0.1) is 0 Å². The van der Waals surface area contributed by atoms with E-state index in [9.17, 15) is 18.0 Å². The average molecular weight is 527 g/mol. The van der Waals surface area contributed by atoms with E-state index in [1.54, 1.807) is 12.0 Å². The number of ether oxygens (including phenoxy) is 2. The molecule has 1 aliphatic carbocycles. The molecular weight excluding hydrogens is 485 g/mol. The third-order valence-electron chi connectivity index (χ3n) is 8.80. The highest BCUT2D eigenvalue weighted by Gasteiger charge is 2.52. The summed E-state index contributed by atoms with van der Waals surface area (Å²) in [6.45, 7) is 7.53. The van der Waals surface area contributed by atoms with E-state index in [-0.39, 0.29) is 36.6 Å². The van der Waals surface area contributed by atoms with Crippen molar-refractivity contribution >= 4 is 5.91 Å². The lowest BCUT2D eigenvalue weighted by Gasteiger charge is -2.44. The van der Waals surface area contributed by atoms with Crippen molar-refractivity contribution < 1.29 is 27.4 Å². The fraction of sp³-hybridized carbons (Fsp3) is 0.778. The predicted octanol–water partition coefficient (Wildman–Crippen LogP) is 3.63. The molecule has 4 atom stereocenters. The number of nitrogens with zero attached hydrogens (tertiary/aromatic N) is 3. The first-order valence-corrected chi connectivity index (χ1v) is 13.5. The van der Waals surface area contributed by atoms with Crippen molar-refractivity contribution in [3.8, 4) is 0 Å². The number of methoxy groups -OCH3 is 1. The Bertz CT molecular complexity index is 944. The molecule has 1 saturated carbocycles. The molecule has 2 aliphatic heterocycles. The van der Waals surface area contributed by atoms with Gasteiger partial charge in [-0.1, -0.05) is 13.8 Å². The third kappa shape index (κ3) is 5.82. The molecule has 0 spiro atoms. The molecule has 0 bridgehead atoms. The molecule has 2 fully saturated rings. The fourth-order valence-electron chi connectivity index (χ4n) is 6.56.